The molecule has 0 saturated carbocycles. The molecule has 6 nitrogen and oxygen atoms in total. The number of rotatable bonds is 8. The Labute approximate surface area is 137 Å². The highest BCUT2D eigenvalue weighted by atomic mass is 16.5. The molecule has 0 unspecified atom stereocenters. The molecule has 0 atom stereocenters. The van der Waals surface area contributed by atoms with Crippen molar-refractivity contribution in [1.29, 1.82) is 0 Å². The Morgan fingerprint density at radius 1 is 1.04 bits per heavy atom. The Kier molecular flexibility index (Phi) is 6.02. The van der Waals surface area contributed by atoms with Crippen LogP contribution in [0.3, 0.4) is 0 Å². The fourth-order valence-electron chi connectivity index (χ4n) is 2.02. The first-order valence-electron chi connectivity index (χ1n) is 7.64. The predicted octanol–water partition coefficient (Wildman–Crippen LogP) is 3.17. The Bertz CT molecular complexity index is 632. The van der Waals surface area contributed by atoms with E-state index in [4.69, 9.17) is 9.47 Å². The van der Waals surface area contributed by atoms with Gasteiger partial charge in [0.25, 0.3) is 0 Å². The Morgan fingerprint density at radius 3 is 2.52 bits per heavy atom. The summed E-state index contributed by atoms with van der Waals surface area (Å²) in [7, 11) is 3.26. The van der Waals surface area contributed by atoms with Crippen molar-refractivity contribution in [3.05, 3.63) is 36.0 Å². The molecule has 23 heavy (non-hydrogen) atoms. The van der Waals surface area contributed by atoms with Crippen LogP contribution in [0.4, 0.5) is 11.8 Å². The molecule has 0 aliphatic heterocycles. The SMILES string of the molecule is COc1ccc(CNc2ccnc(NCC(C)C)n2)cc1OC. The van der Waals surface area contributed by atoms with Gasteiger partial charge in [-0.05, 0) is 29.7 Å². The zero-order valence-corrected chi connectivity index (χ0v) is 14.1. The summed E-state index contributed by atoms with van der Waals surface area (Å²) in [5, 5.41) is 6.51. The van der Waals surface area contributed by atoms with Gasteiger partial charge >= 0.3 is 0 Å². The van der Waals surface area contributed by atoms with Gasteiger partial charge < -0.3 is 20.1 Å². The maximum Gasteiger partial charge on any atom is 0.224 e. The fraction of sp³-hybridized carbons (Fsp3) is 0.412. The molecule has 0 aliphatic rings. The molecule has 0 fully saturated rings. The number of nitrogens with zero attached hydrogens (tertiary/aromatic N) is 2. The lowest BCUT2D eigenvalue weighted by molar-refractivity contribution is 0.354. The standard InChI is InChI=1S/C17H24N4O2/c1-12(2)10-20-17-18-8-7-16(21-17)19-11-13-5-6-14(22-3)15(9-13)23-4/h5-9,12H,10-11H2,1-4H3,(H2,18,19,20,21). The molecule has 0 amide bonds. The molecule has 1 aromatic heterocycles. The molecule has 2 aromatic rings. The third-order valence-corrected chi connectivity index (χ3v) is 3.25. The van der Waals surface area contributed by atoms with Crippen LogP contribution in [0, 0.1) is 5.92 Å². The average molecular weight is 316 g/mol. The molecule has 0 aliphatic carbocycles. The highest BCUT2D eigenvalue weighted by Crippen LogP contribution is 2.27. The first-order chi connectivity index (χ1) is 11.1. The molecule has 0 bridgehead atoms. The molecular weight excluding hydrogens is 292 g/mol. The zero-order valence-electron chi connectivity index (χ0n) is 14.1. The summed E-state index contributed by atoms with van der Waals surface area (Å²) in [5.41, 5.74) is 1.08. The molecule has 124 valence electrons. The highest BCUT2D eigenvalue weighted by molar-refractivity contribution is 5.45. The summed E-state index contributed by atoms with van der Waals surface area (Å²) in [6.45, 7) is 5.78. The summed E-state index contributed by atoms with van der Waals surface area (Å²) in [6.07, 6.45) is 1.74. The minimum absolute atomic E-state index is 0.543. The van der Waals surface area contributed by atoms with Crippen molar-refractivity contribution in [3.8, 4) is 11.5 Å². The number of anilines is 2. The van der Waals surface area contributed by atoms with E-state index in [9.17, 15) is 0 Å². The van der Waals surface area contributed by atoms with Gasteiger partial charge in [-0.15, -0.1) is 0 Å². The van der Waals surface area contributed by atoms with E-state index >= 15 is 0 Å². The minimum Gasteiger partial charge on any atom is -0.493 e. The molecule has 0 radical (unpaired) electrons. The van der Waals surface area contributed by atoms with E-state index in [0.29, 0.717) is 24.2 Å². The van der Waals surface area contributed by atoms with Crippen LogP contribution in [0.15, 0.2) is 30.5 Å². The van der Waals surface area contributed by atoms with Gasteiger partial charge in [0.1, 0.15) is 5.82 Å². The average Bonchev–Trinajstić information content (AvgIpc) is 2.58. The zero-order chi connectivity index (χ0) is 16.7. The van der Waals surface area contributed by atoms with E-state index < -0.39 is 0 Å². The predicted molar refractivity (Wildman–Crippen MR) is 92.2 cm³/mol. The lowest BCUT2D eigenvalue weighted by Crippen LogP contribution is -2.11. The number of aromatic nitrogens is 2. The van der Waals surface area contributed by atoms with Crippen molar-refractivity contribution >= 4 is 11.8 Å². The van der Waals surface area contributed by atoms with E-state index in [1.807, 2.05) is 24.3 Å². The first-order valence-corrected chi connectivity index (χ1v) is 7.64. The number of ether oxygens (including phenoxy) is 2. The highest BCUT2D eigenvalue weighted by Gasteiger charge is 2.05. The number of methoxy groups -OCH3 is 2. The van der Waals surface area contributed by atoms with Crippen LogP contribution in [0.25, 0.3) is 0 Å². The third-order valence-electron chi connectivity index (χ3n) is 3.25. The van der Waals surface area contributed by atoms with E-state index in [-0.39, 0.29) is 0 Å². The minimum atomic E-state index is 0.543. The topological polar surface area (TPSA) is 68.3 Å². The third kappa shape index (κ3) is 5.02. The maximum atomic E-state index is 5.31. The largest absolute Gasteiger partial charge is 0.493 e. The second-order valence-corrected chi connectivity index (χ2v) is 5.58. The Morgan fingerprint density at radius 2 is 1.83 bits per heavy atom. The summed E-state index contributed by atoms with van der Waals surface area (Å²) in [5.74, 6) is 3.39. The molecule has 1 heterocycles. The number of benzene rings is 1. The van der Waals surface area contributed by atoms with Crippen LogP contribution in [-0.2, 0) is 6.54 Å². The number of nitrogens with one attached hydrogen (secondary N) is 2. The van der Waals surface area contributed by atoms with Gasteiger partial charge in [0.05, 0.1) is 14.2 Å². The fourth-order valence-corrected chi connectivity index (χ4v) is 2.02. The molecule has 2 N–H and O–H groups in total. The van der Waals surface area contributed by atoms with Crippen LogP contribution in [0.5, 0.6) is 11.5 Å². The summed E-state index contributed by atoms with van der Waals surface area (Å²) in [4.78, 5) is 8.66. The van der Waals surface area contributed by atoms with Crippen molar-refractivity contribution in [2.45, 2.75) is 20.4 Å². The second kappa shape index (κ2) is 8.22. The molecule has 0 saturated heterocycles. The van der Waals surface area contributed by atoms with Gasteiger partial charge in [-0.2, -0.15) is 4.98 Å². The quantitative estimate of drug-likeness (QED) is 0.779. The van der Waals surface area contributed by atoms with Crippen molar-refractivity contribution in [2.75, 3.05) is 31.4 Å². The smallest absolute Gasteiger partial charge is 0.224 e. The van der Waals surface area contributed by atoms with Crippen LogP contribution < -0.4 is 20.1 Å². The molecule has 2 rings (SSSR count). The van der Waals surface area contributed by atoms with E-state index in [0.717, 1.165) is 23.7 Å². The summed E-state index contributed by atoms with van der Waals surface area (Å²) >= 11 is 0. The van der Waals surface area contributed by atoms with Crippen molar-refractivity contribution in [2.24, 2.45) is 5.92 Å². The van der Waals surface area contributed by atoms with Crippen molar-refractivity contribution < 1.29 is 9.47 Å². The van der Waals surface area contributed by atoms with Crippen LogP contribution in [0.2, 0.25) is 0 Å². The first kappa shape index (κ1) is 16.9. The van der Waals surface area contributed by atoms with Gasteiger partial charge in [-0.25, -0.2) is 4.98 Å². The summed E-state index contributed by atoms with van der Waals surface area (Å²) in [6, 6.07) is 7.69. The monoisotopic (exact) mass is 316 g/mol. The van der Waals surface area contributed by atoms with Crippen LogP contribution >= 0.6 is 0 Å². The molecule has 0 spiro atoms. The Balaban J connectivity index is 1.99. The van der Waals surface area contributed by atoms with Crippen molar-refractivity contribution in [1.82, 2.24) is 9.97 Å². The molecule has 1 aromatic carbocycles. The number of hydrogen-bond acceptors (Lipinski definition) is 6. The van der Waals surface area contributed by atoms with Crippen LogP contribution in [-0.4, -0.2) is 30.7 Å². The maximum absolute atomic E-state index is 5.31. The normalized spacial score (nSPS) is 10.5. The van der Waals surface area contributed by atoms with Crippen LogP contribution in [0.1, 0.15) is 19.4 Å². The van der Waals surface area contributed by atoms with Gasteiger partial charge in [-0.3, -0.25) is 0 Å². The van der Waals surface area contributed by atoms with Crippen molar-refractivity contribution in [3.63, 3.8) is 0 Å². The second-order valence-electron chi connectivity index (χ2n) is 5.58. The van der Waals surface area contributed by atoms with Gasteiger partial charge in [-0.1, -0.05) is 19.9 Å². The number of hydrogen-bond donors (Lipinski definition) is 2. The lowest BCUT2D eigenvalue weighted by Gasteiger charge is -2.11. The van der Waals surface area contributed by atoms with E-state index in [1.54, 1.807) is 20.4 Å². The Hall–Kier alpha value is -2.50. The van der Waals surface area contributed by atoms with E-state index in [2.05, 4.69) is 34.4 Å². The lowest BCUT2D eigenvalue weighted by atomic mass is 10.2. The molecular formula is C17H24N4O2. The van der Waals surface area contributed by atoms with Gasteiger partial charge in [0, 0.05) is 19.3 Å². The van der Waals surface area contributed by atoms with Gasteiger partial charge in [0.2, 0.25) is 5.95 Å². The van der Waals surface area contributed by atoms with E-state index in [1.165, 1.54) is 0 Å². The van der Waals surface area contributed by atoms with Gasteiger partial charge in [0.15, 0.2) is 11.5 Å². The summed E-state index contributed by atoms with van der Waals surface area (Å²) < 4.78 is 10.6. The molecule has 6 heteroatoms.